The number of hydrogen-bond donors (Lipinski definition) is 1. The predicted molar refractivity (Wildman–Crippen MR) is 72.5 cm³/mol. The maximum atomic E-state index is 11.3. The van der Waals surface area contributed by atoms with E-state index < -0.39 is 24.2 Å². The van der Waals surface area contributed by atoms with Crippen LogP contribution in [0, 0.1) is 17.3 Å². The minimum atomic E-state index is -0.743. The zero-order chi connectivity index (χ0) is 15.3. The van der Waals surface area contributed by atoms with E-state index in [9.17, 15) is 9.90 Å². The van der Waals surface area contributed by atoms with Crippen LogP contribution in [0.15, 0.2) is 0 Å². The van der Waals surface area contributed by atoms with E-state index in [1.807, 2.05) is 0 Å². The van der Waals surface area contributed by atoms with Crippen molar-refractivity contribution in [3.8, 4) is 0 Å². The number of fused-ring (bicyclic) bond motifs is 1. The van der Waals surface area contributed by atoms with Gasteiger partial charge in [0.2, 0.25) is 0 Å². The average Bonchev–Trinajstić information content (AvgIpc) is 2.90. The fourth-order valence-corrected chi connectivity index (χ4v) is 3.83. The summed E-state index contributed by atoms with van der Waals surface area (Å²) in [5.41, 5.74) is 0.0321. The summed E-state index contributed by atoms with van der Waals surface area (Å²) in [5.74, 6) is -0.237. The van der Waals surface area contributed by atoms with Crippen molar-refractivity contribution in [1.29, 1.82) is 0 Å². The summed E-state index contributed by atoms with van der Waals surface area (Å²) in [5, 5.41) is 10.1. The molecular weight excluding hydrogens is 276 g/mol. The van der Waals surface area contributed by atoms with E-state index in [0.29, 0.717) is 26.1 Å². The minimum absolute atomic E-state index is 0.0321. The summed E-state index contributed by atoms with van der Waals surface area (Å²) in [6, 6.07) is 0. The standard InChI is InChI=1S/C15H24O6/c1-14(2)7-19-15(20-8-14)5-9-4-11(16)12(10(9)6-15)21-13(17)18-3/h9-12,16H,4-8H2,1-3H3/t9-,10+,11+,12+/m0/s1. The molecule has 1 saturated heterocycles. The van der Waals surface area contributed by atoms with Gasteiger partial charge < -0.3 is 24.1 Å². The normalized spacial score (nSPS) is 40.0. The summed E-state index contributed by atoms with van der Waals surface area (Å²) in [4.78, 5) is 11.3. The molecule has 21 heavy (non-hydrogen) atoms. The lowest BCUT2D eigenvalue weighted by Gasteiger charge is -2.42. The molecule has 120 valence electrons. The maximum absolute atomic E-state index is 11.3. The highest BCUT2D eigenvalue weighted by atomic mass is 16.7. The molecule has 0 bridgehead atoms. The molecule has 6 nitrogen and oxygen atoms in total. The summed E-state index contributed by atoms with van der Waals surface area (Å²) < 4.78 is 21.8. The molecule has 3 aliphatic rings. The SMILES string of the molecule is COC(=O)O[C@@H]1[C@@H]2CC3(C[C@@H]2C[C@H]1O)OCC(C)(C)CO3. The van der Waals surface area contributed by atoms with Gasteiger partial charge in [0.25, 0.3) is 0 Å². The molecule has 6 heteroatoms. The Hall–Kier alpha value is -0.850. The topological polar surface area (TPSA) is 74.2 Å². The highest BCUT2D eigenvalue weighted by Crippen LogP contribution is 2.53. The van der Waals surface area contributed by atoms with E-state index in [4.69, 9.17) is 14.2 Å². The van der Waals surface area contributed by atoms with E-state index in [1.54, 1.807) is 0 Å². The Kier molecular flexibility index (Phi) is 3.66. The van der Waals surface area contributed by atoms with Crippen LogP contribution in [0.2, 0.25) is 0 Å². The van der Waals surface area contributed by atoms with Gasteiger partial charge in [-0.3, -0.25) is 0 Å². The second-order valence-corrected chi connectivity index (χ2v) is 7.32. The lowest BCUT2D eigenvalue weighted by atomic mass is 9.94. The number of methoxy groups -OCH3 is 1. The first-order valence-electron chi connectivity index (χ1n) is 7.55. The van der Waals surface area contributed by atoms with E-state index in [1.165, 1.54) is 7.11 Å². The minimum Gasteiger partial charge on any atom is -0.438 e. The number of ether oxygens (including phenoxy) is 4. The van der Waals surface area contributed by atoms with Crippen LogP contribution in [0.3, 0.4) is 0 Å². The van der Waals surface area contributed by atoms with Crippen LogP contribution in [0.5, 0.6) is 0 Å². The van der Waals surface area contributed by atoms with Gasteiger partial charge in [0.1, 0.15) is 6.10 Å². The highest BCUT2D eigenvalue weighted by Gasteiger charge is 2.58. The van der Waals surface area contributed by atoms with Crippen molar-refractivity contribution < 1.29 is 28.8 Å². The fourth-order valence-electron chi connectivity index (χ4n) is 3.83. The Morgan fingerprint density at radius 3 is 2.52 bits per heavy atom. The van der Waals surface area contributed by atoms with Crippen molar-refractivity contribution in [2.24, 2.45) is 17.3 Å². The smallest absolute Gasteiger partial charge is 0.438 e. The monoisotopic (exact) mass is 300 g/mol. The third-order valence-electron chi connectivity index (χ3n) is 4.92. The van der Waals surface area contributed by atoms with Gasteiger partial charge in [-0.15, -0.1) is 0 Å². The molecule has 1 spiro atoms. The van der Waals surface area contributed by atoms with Crippen molar-refractivity contribution in [2.75, 3.05) is 20.3 Å². The molecule has 3 fully saturated rings. The van der Waals surface area contributed by atoms with Gasteiger partial charge in [-0.1, -0.05) is 13.8 Å². The highest BCUT2D eigenvalue weighted by molar-refractivity contribution is 5.60. The third-order valence-corrected chi connectivity index (χ3v) is 4.92. The molecule has 0 amide bonds. The number of hydrogen-bond acceptors (Lipinski definition) is 6. The second kappa shape index (κ2) is 5.11. The Morgan fingerprint density at radius 1 is 1.24 bits per heavy atom. The van der Waals surface area contributed by atoms with Gasteiger partial charge in [-0.05, 0) is 12.3 Å². The van der Waals surface area contributed by atoms with Crippen LogP contribution < -0.4 is 0 Å². The number of carbonyl (C=O) groups excluding carboxylic acids is 1. The van der Waals surface area contributed by atoms with Crippen molar-refractivity contribution in [3.05, 3.63) is 0 Å². The maximum Gasteiger partial charge on any atom is 0.508 e. The lowest BCUT2D eigenvalue weighted by molar-refractivity contribution is -0.298. The molecule has 2 saturated carbocycles. The first-order valence-corrected chi connectivity index (χ1v) is 7.55. The molecule has 0 aromatic carbocycles. The number of aliphatic hydroxyl groups is 1. The molecule has 0 aromatic heterocycles. The Balaban J connectivity index is 1.67. The number of aliphatic hydroxyl groups excluding tert-OH is 1. The Morgan fingerprint density at radius 2 is 1.90 bits per heavy atom. The Bertz CT molecular complexity index is 410. The predicted octanol–water partition coefficient (Wildman–Crippen LogP) is 1.70. The summed E-state index contributed by atoms with van der Waals surface area (Å²) >= 11 is 0. The molecule has 0 radical (unpaired) electrons. The van der Waals surface area contributed by atoms with Crippen molar-refractivity contribution in [2.45, 2.75) is 51.1 Å². The van der Waals surface area contributed by atoms with Crippen LogP contribution in [0.4, 0.5) is 4.79 Å². The molecule has 3 rings (SSSR count). The quantitative estimate of drug-likeness (QED) is 0.743. The van der Waals surface area contributed by atoms with E-state index in [-0.39, 0.29) is 17.3 Å². The fraction of sp³-hybridized carbons (Fsp3) is 0.933. The van der Waals surface area contributed by atoms with Gasteiger partial charge >= 0.3 is 6.16 Å². The van der Waals surface area contributed by atoms with Gasteiger partial charge in [0.05, 0.1) is 26.4 Å². The first kappa shape index (κ1) is 15.1. The largest absolute Gasteiger partial charge is 0.508 e. The van der Waals surface area contributed by atoms with Crippen LogP contribution >= 0.6 is 0 Å². The molecule has 0 unspecified atom stereocenters. The van der Waals surface area contributed by atoms with Gasteiger partial charge in [0.15, 0.2) is 5.79 Å². The molecule has 0 aromatic rings. The third kappa shape index (κ3) is 2.76. The van der Waals surface area contributed by atoms with E-state index >= 15 is 0 Å². The molecule has 1 aliphatic heterocycles. The van der Waals surface area contributed by atoms with Gasteiger partial charge in [-0.2, -0.15) is 0 Å². The van der Waals surface area contributed by atoms with Crippen molar-refractivity contribution in [3.63, 3.8) is 0 Å². The lowest BCUT2D eigenvalue weighted by Crippen LogP contribution is -2.47. The molecule has 4 atom stereocenters. The molecule has 1 N–H and O–H groups in total. The Labute approximate surface area is 124 Å². The molecule has 2 aliphatic carbocycles. The van der Waals surface area contributed by atoms with E-state index in [0.717, 1.165) is 6.42 Å². The van der Waals surface area contributed by atoms with E-state index in [2.05, 4.69) is 18.6 Å². The summed E-state index contributed by atoms with van der Waals surface area (Å²) in [6.45, 7) is 5.56. The number of rotatable bonds is 1. The van der Waals surface area contributed by atoms with Crippen LogP contribution in [0.25, 0.3) is 0 Å². The van der Waals surface area contributed by atoms with Gasteiger partial charge in [-0.25, -0.2) is 4.79 Å². The number of carbonyl (C=O) groups is 1. The van der Waals surface area contributed by atoms with Gasteiger partial charge in [0, 0.05) is 24.2 Å². The van der Waals surface area contributed by atoms with Crippen LogP contribution in [-0.2, 0) is 18.9 Å². The van der Waals surface area contributed by atoms with Crippen LogP contribution in [-0.4, -0.2) is 49.6 Å². The van der Waals surface area contributed by atoms with Crippen LogP contribution in [0.1, 0.15) is 33.1 Å². The summed E-state index contributed by atoms with van der Waals surface area (Å²) in [7, 11) is 1.27. The zero-order valence-corrected chi connectivity index (χ0v) is 12.8. The van der Waals surface area contributed by atoms with Crippen molar-refractivity contribution in [1.82, 2.24) is 0 Å². The molecule has 1 heterocycles. The first-order chi connectivity index (χ1) is 9.84. The average molecular weight is 300 g/mol. The summed E-state index contributed by atoms with van der Waals surface area (Å²) in [6.07, 6.45) is 0.135. The zero-order valence-electron chi connectivity index (χ0n) is 12.8. The second-order valence-electron chi connectivity index (χ2n) is 7.32. The molecular formula is C15H24O6. The van der Waals surface area contributed by atoms with Crippen molar-refractivity contribution >= 4 is 6.16 Å².